The molecule has 40 heavy (non-hydrogen) atoms. The van der Waals surface area contributed by atoms with Crippen molar-refractivity contribution in [3.8, 4) is 0 Å². The first-order valence-corrected chi connectivity index (χ1v) is 13.4. The molecule has 2 amide bonds. The standard InChI is InChI=1S/C21H17F3N2O.C7H16.C2H5NO.C2H6/c1-13-19(24)11-25-12-20(13)26-21(27)10-18(14-2-6-16(22)7-3-14)15-4-8-17(23)9-5-15;1-5-6-7(2,3)4;1-2(3)4;1-2/h2-9,11-12,18H,10H2,1H3,(H,26,27);5-6H2,1-4H3;1H3,(H2,3,4);1-2H3. The van der Waals surface area contributed by atoms with Gasteiger partial charge in [-0.25, -0.2) is 13.2 Å². The van der Waals surface area contributed by atoms with E-state index < -0.39 is 11.7 Å². The number of amides is 2. The van der Waals surface area contributed by atoms with E-state index in [-0.39, 0.29) is 35.6 Å². The summed E-state index contributed by atoms with van der Waals surface area (Å²) in [5, 5.41) is 2.65. The molecular weight excluding hydrogens is 515 g/mol. The van der Waals surface area contributed by atoms with E-state index in [2.05, 4.69) is 43.7 Å². The Morgan fingerprint density at radius 3 is 1.68 bits per heavy atom. The predicted molar refractivity (Wildman–Crippen MR) is 157 cm³/mol. The minimum absolute atomic E-state index is 0.0210. The monoisotopic (exact) mass is 559 g/mol. The Labute approximate surface area is 237 Å². The molecule has 220 valence electrons. The second-order valence-corrected chi connectivity index (χ2v) is 10.1. The zero-order valence-electron chi connectivity index (χ0n) is 24.9. The summed E-state index contributed by atoms with van der Waals surface area (Å²) in [5.74, 6) is -2.39. The van der Waals surface area contributed by atoms with Crippen LogP contribution in [0.2, 0.25) is 0 Å². The molecule has 0 atom stereocenters. The van der Waals surface area contributed by atoms with Crippen molar-refractivity contribution in [2.24, 2.45) is 11.1 Å². The summed E-state index contributed by atoms with van der Waals surface area (Å²) in [5.41, 5.74) is 7.03. The van der Waals surface area contributed by atoms with Gasteiger partial charge in [-0.2, -0.15) is 0 Å². The average Bonchev–Trinajstić information content (AvgIpc) is 2.87. The van der Waals surface area contributed by atoms with Gasteiger partial charge in [-0.15, -0.1) is 0 Å². The molecule has 3 N–H and O–H groups in total. The van der Waals surface area contributed by atoms with Gasteiger partial charge in [-0.1, -0.05) is 72.2 Å². The van der Waals surface area contributed by atoms with Crippen LogP contribution < -0.4 is 11.1 Å². The molecule has 0 aliphatic heterocycles. The molecule has 8 heteroatoms. The van der Waals surface area contributed by atoms with Crippen LogP contribution >= 0.6 is 0 Å². The molecule has 0 bridgehead atoms. The highest BCUT2D eigenvalue weighted by Gasteiger charge is 2.20. The summed E-state index contributed by atoms with van der Waals surface area (Å²) < 4.78 is 40.1. The van der Waals surface area contributed by atoms with Gasteiger partial charge >= 0.3 is 0 Å². The van der Waals surface area contributed by atoms with E-state index in [4.69, 9.17) is 0 Å². The molecule has 3 aromatic rings. The van der Waals surface area contributed by atoms with Crippen LogP contribution in [0.1, 0.15) is 90.3 Å². The van der Waals surface area contributed by atoms with E-state index in [9.17, 15) is 22.8 Å². The Morgan fingerprint density at radius 2 is 1.32 bits per heavy atom. The van der Waals surface area contributed by atoms with Gasteiger partial charge in [0.1, 0.15) is 17.5 Å². The smallest absolute Gasteiger partial charge is 0.225 e. The molecule has 5 nitrogen and oxygen atoms in total. The lowest BCUT2D eigenvalue weighted by atomic mass is 9.88. The highest BCUT2D eigenvalue weighted by Crippen LogP contribution is 2.29. The van der Waals surface area contributed by atoms with Gasteiger partial charge < -0.3 is 11.1 Å². The average molecular weight is 560 g/mol. The molecule has 0 aliphatic rings. The largest absolute Gasteiger partial charge is 0.370 e. The van der Waals surface area contributed by atoms with E-state index in [1.807, 2.05) is 13.8 Å². The van der Waals surface area contributed by atoms with Crippen LogP contribution in [0.4, 0.5) is 18.9 Å². The number of carbonyl (C=O) groups is 2. The topological polar surface area (TPSA) is 85.1 Å². The number of benzene rings is 2. The minimum atomic E-state index is -0.513. The maximum atomic E-state index is 13.6. The molecule has 3 rings (SSSR count). The van der Waals surface area contributed by atoms with Crippen molar-refractivity contribution < 1.29 is 22.8 Å². The molecule has 0 fully saturated rings. The van der Waals surface area contributed by atoms with Crippen LogP contribution in [-0.2, 0) is 9.59 Å². The number of halogens is 3. The van der Waals surface area contributed by atoms with Crippen molar-refractivity contribution >= 4 is 17.5 Å². The maximum absolute atomic E-state index is 13.6. The molecule has 1 heterocycles. The van der Waals surface area contributed by atoms with Crippen molar-refractivity contribution in [1.29, 1.82) is 0 Å². The molecule has 0 saturated heterocycles. The Balaban J connectivity index is 0.000000984. The Kier molecular flexibility index (Phi) is 16.9. The summed E-state index contributed by atoms with van der Waals surface area (Å²) in [4.78, 5) is 25.5. The molecule has 0 unspecified atom stereocenters. The molecule has 0 spiro atoms. The lowest BCUT2D eigenvalue weighted by molar-refractivity contribution is -0.117. The summed E-state index contributed by atoms with van der Waals surface area (Å²) >= 11 is 0. The van der Waals surface area contributed by atoms with Crippen LogP contribution in [0.5, 0.6) is 0 Å². The van der Waals surface area contributed by atoms with Crippen LogP contribution in [-0.4, -0.2) is 16.8 Å². The number of hydrogen-bond donors (Lipinski definition) is 2. The van der Waals surface area contributed by atoms with Gasteiger partial charge in [0.15, 0.2) is 0 Å². The number of aromatic nitrogens is 1. The number of carbonyl (C=O) groups excluding carboxylic acids is 2. The number of rotatable bonds is 6. The van der Waals surface area contributed by atoms with Gasteiger partial charge in [-0.05, 0) is 54.2 Å². The number of nitrogens with zero attached hydrogens (tertiary/aromatic N) is 1. The van der Waals surface area contributed by atoms with E-state index in [0.29, 0.717) is 22.1 Å². The van der Waals surface area contributed by atoms with Gasteiger partial charge in [0, 0.05) is 24.8 Å². The predicted octanol–water partition coefficient (Wildman–Crippen LogP) is 8.32. The fourth-order valence-corrected chi connectivity index (χ4v) is 3.58. The fraction of sp³-hybridized carbons (Fsp3) is 0.406. The van der Waals surface area contributed by atoms with Crippen LogP contribution in [0.3, 0.4) is 0 Å². The first-order chi connectivity index (χ1) is 18.7. The number of anilines is 1. The minimum Gasteiger partial charge on any atom is -0.370 e. The van der Waals surface area contributed by atoms with Crippen LogP contribution in [0.25, 0.3) is 0 Å². The van der Waals surface area contributed by atoms with E-state index >= 15 is 0 Å². The molecule has 2 aromatic carbocycles. The highest BCUT2D eigenvalue weighted by molar-refractivity contribution is 5.92. The zero-order chi connectivity index (χ0) is 30.9. The van der Waals surface area contributed by atoms with Crippen molar-refractivity contribution in [3.63, 3.8) is 0 Å². The number of primary amides is 1. The van der Waals surface area contributed by atoms with Gasteiger partial charge in [0.25, 0.3) is 0 Å². The van der Waals surface area contributed by atoms with Crippen molar-refractivity contribution in [3.05, 3.63) is 95.1 Å². The summed E-state index contributed by atoms with van der Waals surface area (Å²) in [7, 11) is 0. The second kappa shape index (κ2) is 18.6. The zero-order valence-corrected chi connectivity index (χ0v) is 24.9. The first-order valence-electron chi connectivity index (χ1n) is 13.4. The normalized spacial score (nSPS) is 10.2. The number of nitrogens with one attached hydrogen (secondary N) is 1. The molecular formula is C32H44F3N3O2. The lowest BCUT2D eigenvalue weighted by Gasteiger charge is -2.18. The van der Waals surface area contributed by atoms with Gasteiger partial charge in [0.2, 0.25) is 11.8 Å². The third-order valence-electron chi connectivity index (χ3n) is 5.36. The second-order valence-electron chi connectivity index (χ2n) is 10.1. The summed E-state index contributed by atoms with van der Waals surface area (Å²) in [6, 6.07) is 11.6. The Hall–Kier alpha value is -3.68. The summed E-state index contributed by atoms with van der Waals surface area (Å²) in [6.07, 6.45) is 5.12. The van der Waals surface area contributed by atoms with Crippen LogP contribution in [0, 0.1) is 29.8 Å². The van der Waals surface area contributed by atoms with E-state index in [1.165, 1.54) is 50.2 Å². The van der Waals surface area contributed by atoms with E-state index in [1.54, 1.807) is 31.2 Å². The molecule has 1 aromatic heterocycles. The van der Waals surface area contributed by atoms with E-state index in [0.717, 1.165) is 6.20 Å². The third-order valence-corrected chi connectivity index (χ3v) is 5.36. The van der Waals surface area contributed by atoms with Crippen molar-refractivity contribution in [2.75, 3.05) is 5.32 Å². The SMILES string of the molecule is CC.CC(N)=O.CCCC(C)(C)C.Cc1c(F)cncc1NC(=O)CC(c1ccc(F)cc1)c1ccc(F)cc1. The van der Waals surface area contributed by atoms with Crippen molar-refractivity contribution in [1.82, 2.24) is 4.98 Å². The molecule has 0 radical (unpaired) electrons. The Morgan fingerprint density at radius 1 is 0.900 bits per heavy atom. The molecule has 0 saturated carbocycles. The third kappa shape index (κ3) is 15.0. The number of pyridine rings is 1. The number of nitrogens with two attached hydrogens (primary N) is 1. The quantitative estimate of drug-likeness (QED) is 0.318. The van der Waals surface area contributed by atoms with Crippen molar-refractivity contribution in [2.45, 2.75) is 80.6 Å². The Bertz CT molecular complexity index is 1110. The number of hydrogen-bond acceptors (Lipinski definition) is 3. The fourth-order valence-electron chi connectivity index (χ4n) is 3.58. The lowest BCUT2D eigenvalue weighted by Crippen LogP contribution is -2.17. The van der Waals surface area contributed by atoms with Crippen LogP contribution in [0.15, 0.2) is 60.9 Å². The highest BCUT2D eigenvalue weighted by atomic mass is 19.1. The first kappa shape index (κ1) is 36.3. The van der Waals surface area contributed by atoms with Gasteiger partial charge in [0.05, 0.1) is 18.1 Å². The summed E-state index contributed by atoms with van der Waals surface area (Å²) in [6.45, 7) is 15.9. The maximum Gasteiger partial charge on any atom is 0.225 e. The molecule has 0 aliphatic carbocycles. The van der Waals surface area contributed by atoms with Gasteiger partial charge in [-0.3, -0.25) is 14.6 Å².